The summed E-state index contributed by atoms with van der Waals surface area (Å²) in [6.07, 6.45) is 3.02. The van der Waals surface area contributed by atoms with Gasteiger partial charge in [-0.25, -0.2) is 9.37 Å². The number of halogens is 4. The predicted octanol–water partition coefficient (Wildman–Crippen LogP) is 6.42. The molecule has 0 aliphatic carbocycles. The second-order valence-electron chi connectivity index (χ2n) is 7.31. The standard InChI is InChI=1S/C23H11Cl3FN3O3S/c24-12-4-3-10(6-13(12)25)20(31)18-19(11-2-1-5-28-9-11)30(22(33)21(18)32)23-29-16-7-14(26)15(27)8-17(16)34-23/h1-9,19,31H/b20-18+. The third-order valence-electron chi connectivity index (χ3n) is 5.26. The van der Waals surface area contributed by atoms with Crippen LogP contribution in [0.3, 0.4) is 0 Å². The number of benzene rings is 2. The van der Waals surface area contributed by atoms with Crippen LogP contribution in [0.25, 0.3) is 16.0 Å². The van der Waals surface area contributed by atoms with E-state index >= 15 is 0 Å². The van der Waals surface area contributed by atoms with Crippen LogP contribution in [0, 0.1) is 5.82 Å². The van der Waals surface area contributed by atoms with Crippen LogP contribution in [0.5, 0.6) is 0 Å². The highest BCUT2D eigenvalue weighted by atomic mass is 35.5. The van der Waals surface area contributed by atoms with Gasteiger partial charge in [-0.2, -0.15) is 0 Å². The smallest absolute Gasteiger partial charge is 0.301 e. The number of rotatable bonds is 3. The Morgan fingerprint density at radius 3 is 2.56 bits per heavy atom. The molecule has 170 valence electrons. The minimum absolute atomic E-state index is 0.116. The number of thiazole rings is 1. The lowest BCUT2D eigenvalue weighted by Gasteiger charge is -2.22. The average Bonchev–Trinajstić information content (AvgIpc) is 3.33. The molecule has 6 nitrogen and oxygen atoms in total. The summed E-state index contributed by atoms with van der Waals surface area (Å²) in [5, 5.41) is 11.6. The van der Waals surface area contributed by atoms with Crippen molar-refractivity contribution in [3.63, 3.8) is 0 Å². The van der Waals surface area contributed by atoms with E-state index in [9.17, 15) is 19.1 Å². The van der Waals surface area contributed by atoms with Gasteiger partial charge in [-0.15, -0.1) is 0 Å². The van der Waals surface area contributed by atoms with E-state index in [0.29, 0.717) is 15.8 Å². The quantitative estimate of drug-likeness (QED) is 0.186. The number of ketones is 1. The largest absolute Gasteiger partial charge is 0.507 e. The predicted molar refractivity (Wildman–Crippen MR) is 130 cm³/mol. The molecule has 3 heterocycles. The molecule has 2 aromatic carbocycles. The lowest BCUT2D eigenvalue weighted by atomic mass is 9.96. The normalized spacial score (nSPS) is 17.6. The molecule has 1 saturated heterocycles. The third kappa shape index (κ3) is 3.73. The zero-order chi connectivity index (χ0) is 24.1. The highest BCUT2D eigenvalue weighted by molar-refractivity contribution is 7.22. The van der Waals surface area contributed by atoms with Crippen molar-refractivity contribution in [1.29, 1.82) is 0 Å². The van der Waals surface area contributed by atoms with Gasteiger partial charge in [0.05, 0.1) is 36.9 Å². The van der Waals surface area contributed by atoms with Crippen LogP contribution >= 0.6 is 46.1 Å². The Hall–Kier alpha value is -3.04. The van der Waals surface area contributed by atoms with Gasteiger partial charge in [-0.3, -0.25) is 19.5 Å². The van der Waals surface area contributed by atoms with Gasteiger partial charge < -0.3 is 5.11 Å². The molecule has 34 heavy (non-hydrogen) atoms. The number of fused-ring (bicyclic) bond motifs is 1. The lowest BCUT2D eigenvalue weighted by molar-refractivity contribution is -0.132. The van der Waals surface area contributed by atoms with Crippen molar-refractivity contribution >= 4 is 78.9 Å². The molecule has 2 aromatic heterocycles. The van der Waals surface area contributed by atoms with Crippen molar-refractivity contribution < 1.29 is 19.1 Å². The van der Waals surface area contributed by atoms with Gasteiger partial charge in [-0.1, -0.05) is 52.2 Å². The molecule has 1 N–H and O–H groups in total. The number of hydrogen-bond acceptors (Lipinski definition) is 6. The summed E-state index contributed by atoms with van der Waals surface area (Å²) in [5.74, 6) is -2.87. The van der Waals surface area contributed by atoms with Crippen molar-refractivity contribution in [3.8, 4) is 0 Å². The highest BCUT2D eigenvalue weighted by Crippen LogP contribution is 2.44. The van der Waals surface area contributed by atoms with Gasteiger partial charge in [0.15, 0.2) is 5.13 Å². The Labute approximate surface area is 210 Å². The zero-order valence-corrected chi connectivity index (χ0v) is 19.9. The summed E-state index contributed by atoms with van der Waals surface area (Å²) in [6, 6.07) is 9.19. The third-order valence-corrected chi connectivity index (χ3v) is 7.31. The first-order chi connectivity index (χ1) is 16.3. The fraction of sp³-hybridized carbons (Fsp3) is 0.0435. The van der Waals surface area contributed by atoms with Gasteiger partial charge >= 0.3 is 5.91 Å². The molecular formula is C23H11Cl3FN3O3S. The molecule has 1 aliphatic rings. The maximum absolute atomic E-state index is 14.0. The Morgan fingerprint density at radius 1 is 1.06 bits per heavy atom. The van der Waals surface area contributed by atoms with E-state index in [0.717, 1.165) is 11.3 Å². The lowest BCUT2D eigenvalue weighted by Crippen LogP contribution is -2.29. The first kappa shape index (κ1) is 22.7. The number of pyridine rings is 1. The number of anilines is 1. The summed E-state index contributed by atoms with van der Waals surface area (Å²) < 4.78 is 14.4. The highest BCUT2D eigenvalue weighted by Gasteiger charge is 2.48. The van der Waals surface area contributed by atoms with Gasteiger partial charge in [0.25, 0.3) is 5.78 Å². The molecule has 1 fully saturated rings. The van der Waals surface area contributed by atoms with Crippen LogP contribution in [0.1, 0.15) is 17.2 Å². The number of nitrogens with zero attached hydrogens (tertiary/aromatic N) is 3. The Kier molecular flexibility index (Phi) is 5.77. The molecule has 11 heteroatoms. The molecule has 0 radical (unpaired) electrons. The second-order valence-corrected chi connectivity index (χ2v) is 9.55. The molecule has 4 aromatic rings. The Morgan fingerprint density at radius 2 is 1.85 bits per heavy atom. The SMILES string of the molecule is O=C1C(=O)N(c2nc3cc(Cl)c(F)cc3s2)C(c2cccnc2)/C1=C(\O)c1ccc(Cl)c(Cl)c1. The van der Waals surface area contributed by atoms with Gasteiger partial charge in [-0.05, 0) is 42.0 Å². The molecular weight excluding hydrogens is 524 g/mol. The Bertz CT molecular complexity index is 1490. The van der Waals surface area contributed by atoms with Crippen LogP contribution in [0.4, 0.5) is 9.52 Å². The fourth-order valence-corrected chi connectivity index (χ4v) is 5.15. The number of carbonyl (C=O) groups excluding carboxylic acids is 2. The van der Waals surface area contributed by atoms with Gasteiger partial charge in [0.1, 0.15) is 11.6 Å². The van der Waals surface area contributed by atoms with E-state index in [-0.39, 0.29) is 31.3 Å². The summed E-state index contributed by atoms with van der Waals surface area (Å²) >= 11 is 19.0. The maximum Gasteiger partial charge on any atom is 0.301 e. The van der Waals surface area contributed by atoms with Crippen molar-refractivity contribution in [3.05, 3.63) is 92.4 Å². The molecule has 0 spiro atoms. The number of aliphatic hydroxyl groups is 1. The van der Waals surface area contributed by atoms with E-state index < -0.39 is 29.3 Å². The molecule has 1 amide bonds. The molecule has 1 aliphatic heterocycles. The van der Waals surface area contributed by atoms with Crippen LogP contribution in [-0.2, 0) is 9.59 Å². The summed E-state index contributed by atoms with van der Waals surface area (Å²) in [6.45, 7) is 0. The first-order valence-corrected chi connectivity index (χ1v) is 11.6. The minimum Gasteiger partial charge on any atom is -0.507 e. The first-order valence-electron chi connectivity index (χ1n) is 9.68. The van der Waals surface area contributed by atoms with E-state index in [1.165, 1.54) is 47.6 Å². The molecule has 1 atom stereocenters. The second kappa shape index (κ2) is 8.63. The van der Waals surface area contributed by atoms with E-state index in [2.05, 4.69) is 9.97 Å². The number of aliphatic hydroxyl groups excluding tert-OH is 1. The molecule has 0 saturated carbocycles. The van der Waals surface area contributed by atoms with Crippen LogP contribution in [0.15, 0.2) is 60.4 Å². The summed E-state index contributed by atoms with van der Waals surface area (Å²) in [7, 11) is 0. The van der Waals surface area contributed by atoms with Crippen molar-refractivity contribution in [2.75, 3.05) is 4.90 Å². The average molecular weight is 535 g/mol. The van der Waals surface area contributed by atoms with Crippen LogP contribution in [-0.4, -0.2) is 26.8 Å². The van der Waals surface area contributed by atoms with Crippen molar-refractivity contribution in [1.82, 2.24) is 9.97 Å². The zero-order valence-electron chi connectivity index (χ0n) is 16.8. The van der Waals surface area contributed by atoms with E-state index in [4.69, 9.17) is 34.8 Å². The number of Topliss-reactive ketones (excluding diaryl/α,β-unsaturated/α-hetero) is 1. The molecule has 1 unspecified atom stereocenters. The van der Waals surface area contributed by atoms with E-state index in [1.807, 2.05) is 0 Å². The number of amides is 1. The number of hydrogen-bond donors (Lipinski definition) is 1. The van der Waals surface area contributed by atoms with Crippen LogP contribution in [0.2, 0.25) is 15.1 Å². The van der Waals surface area contributed by atoms with Gasteiger partial charge in [0.2, 0.25) is 0 Å². The Balaban J connectivity index is 1.73. The number of carbonyl (C=O) groups is 2. The minimum atomic E-state index is -1.04. The molecule has 5 rings (SSSR count). The maximum atomic E-state index is 14.0. The molecule has 0 bridgehead atoms. The van der Waals surface area contributed by atoms with Crippen LogP contribution < -0.4 is 4.90 Å². The topological polar surface area (TPSA) is 83.4 Å². The monoisotopic (exact) mass is 533 g/mol. The summed E-state index contributed by atoms with van der Waals surface area (Å²) in [5.41, 5.74) is 0.869. The van der Waals surface area contributed by atoms with Crippen molar-refractivity contribution in [2.45, 2.75) is 6.04 Å². The number of aromatic nitrogens is 2. The van der Waals surface area contributed by atoms with Gasteiger partial charge in [0, 0.05) is 18.0 Å². The van der Waals surface area contributed by atoms with Crippen molar-refractivity contribution in [2.24, 2.45) is 0 Å². The summed E-state index contributed by atoms with van der Waals surface area (Å²) in [4.78, 5) is 36.0. The fourth-order valence-electron chi connectivity index (χ4n) is 3.70. The van der Waals surface area contributed by atoms with E-state index in [1.54, 1.807) is 12.1 Å².